The van der Waals surface area contributed by atoms with Crippen LogP contribution in [-0.2, 0) is 23.7 Å². The van der Waals surface area contributed by atoms with Crippen LogP contribution in [0.1, 0.15) is 22.3 Å². The summed E-state index contributed by atoms with van der Waals surface area (Å²) in [5.41, 5.74) is 3.19. The Hall–Kier alpha value is -3.96. The van der Waals surface area contributed by atoms with Gasteiger partial charge in [-0.1, -0.05) is 5.92 Å². The van der Waals surface area contributed by atoms with Gasteiger partial charge in [-0.3, -0.25) is 4.57 Å². The van der Waals surface area contributed by atoms with Gasteiger partial charge in [-0.15, -0.1) is 6.42 Å². The number of aromatic nitrogens is 4. The van der Waals surface area contributed by atoms with E-state index in [1.807, 2.05) is 0 Å². The summed E-state index contributed by atoms with van der Waals surface area (Å²) in [6, 6.07) is 0. The van der Waals surface area contributed by atoms with Crippen LogP contribution in [0, 0.1) is 18.4 Å². The first kappa shape index (κ1) is 18.8. The van der Waals surface area contributed by atoms with Gasteiger partial charge in [-0.25, -0.2) is 14.6 Å². The molecule has 2 aromatic rings. The number of nitrogens with zero attached hydrogens (tertiary/aromatic N) is 4. The third-order valence-corrected chi connectivity index (χ3v) is 4.53. The molecule has 1 unspecified atom stereocenters. The van der Waals surface area contributed by atoms with E-state index in [4.69, 9.17) is 29.1 Å². The maximum Gasteiger partial charge on any atom is 0.514 e. The monoisotopic (exact) mass is 451 g/mol. The highest BCUT2D eigenvalue weighted by Gasteiger charge is 2.49. The summed E-state index contributed by atoms with van der Waals surface area (Å²) in [6.07, 6.45) is -3.23. The lowest BCUT2D eigenvalue weighted by Gasteiger charge is -2.25. The molecule has 0 amide bonds. The van der Waals surface area contributed by atoms with Crippen molar-refractivity contribution < 1.29 is 45.5 Å². The maximum atomic E-state index is 13.7. The molecular weight excluding hydrogens is 433 g/mol. The molecular formula is C18H16FN5O8. The molecule has 2 fully saturated rings. The van der Waals surface area contributed by atoms with Gasteiger partial charge in [0, 0.05) is 9.11 Å². The summed E-state index contributed by atoms with van der Waals surface area (Å²) in [7, 11) is 0. The number of fused-ring (bicyclic) bond motifs is 1. The molecule has 32 heavy (non-hydrogen) atoms. The van der Waals surface area contributed by atoms with E-state index in [-0.39, 0.29) is 22.7 Å². The molecule has 0 aliphatic carbocycles. The third-order valence-electron chi connectivity index (χ3n) is 4.53. The lowest BCUT2D eigenvalue weighted by atomic mass is 9.99. The fourth-order valence-electron chi connectivity index (χ4n) is 2.89. The van der Waals surface area contributed by atoms with Gasteiger partial charge >= 0.3 is 18.4 Å². The summed E-state index contributed by atoms with van der Waals surface area (Å²) in [4.78, 5) is 33.8. The van der Waals surface area contributed by atoms with Crippen LogP contribution in [0.3, 0.4) is 0 Å². The number of halogens is 1. The number of carbonyl (C=O) groups is 2. The van der Waals surface area contributed by atoms with Gasteiger partial charge < -0.3 is 34.5 Å². The normalized spacial score (nSPS) is 30.9. The minimum Gasteiger partial charge on any atom is -0.430 e. The molecule has 2 aliphatic heterocycles. The number of terminal acetylenes is 1. The van der Waals surface area contributed by atoms with Crippen LogP contribution in [0.25, 0.3) is 11.2 Å². The summed E-state index contributed by atoms with van der Waals surface area (Å²) >= 11 is 0. The molecule has 3 N–H and O–H groups in total. The van der Waals surface area contributed by atoms with Crippen molar-refractivity contribution >= 4 is 29.3 Å². The van der Waals surface area contributed by atoms with Crippen molar-refractivity contribution in [1.82, 2.24) is 19.5 Å². The van der Waals surface area contributed by atoms with Gasteiger partial charge in [0.05, 0.1) is 6.33 Å². The quantitative estimate of drug-likeness (QED) is 0.290. The molecule has 4 rings (SSSR count). The highest BCUT2D eigenvalue weighted by atomic mass is 19.1. The van der Waals surface area contributed by atoms with Crippen LogP contribution in [-0.4, -0.2) is 61.4 Å². The zero-order chi connectivity index (χ0) is 24.8. The molecule has 4 heterocycles. The summed E-state index contributed by atoms with van der Waals surface area (Å²) < 4.78 is 55.9. The highest BCUT2D eigenvalue weighted by Crippen LogP contribution is 2.38. The van der Waals surface area contributed by atoms with Crippen molar-refractivity contribution in [1.29, 1.82) is 0 Å². The van der Waals surface area contributed by atoms with Crippen molar-refractivity contribution in [2.75, 3.05) is 12.3 Å². The van der Waals surface area contributed by atoms with Crippen LogP contribution >= 0.6 is 0 Å². The van der Waals surface area contributed by atoms with Crippen LogP contribution in [0.4, 0.5) is 19.8 Å². The van der Waals surface area contributed by atoms with E-state index in [9.17, 15) is 19.1 Å². The number of hydrogen-bond acceptors (Lipinski definition) is 12. The highest BCUT2D eigenvalue weighted by molar-refractivity contribution is 5.81. The van der Waals surface area contributed by atoms with E-state index < -0.39 is 55.4 Å². The molecule has 4 atom stereocenters. The fourth-order valence-corrected chi connectivity index (χ4v) is 2.89. The Bertz CT molecular complexity index is 1250. The summed E-state index contributed by atoms with van der Waals surface area (Å²) in [5.74, 6) is 1.71. The number of ether oxygens (including phenoxy) is 5. The molecule has 2 aromatic heterocycles. The number of nitrogens with two attached hydrogens (primary N) is 1. The van der Waals surface area contributed by atoms with E-state index >= 15 is 0 Å². The van der Waals surface area contributed by atoms with E-state index in [0.29, 0.717) is 0 Å². The SMILES string of the molecule is [2H]C1([2H])[C@H](n2cnc3c(N)nc(F)nc32)O[C@](C#C)(COC(=O)OC=C2OC(=O)OC2C)[C@H]1O. The number of nitrogen functional groups attached to an aromatic ring is 1. The first-order valence-corrected chi connectivity index (χ1v) is 8.89. The first-order chi connectivity index (χ1) is 16.0. The minimum atomic E-state index is -2.59. The van der Waals surface area contributed by atoms with Gasteiger partial charge in [0.15, 0.2) is 34.4 Å². The smallest absolute Gasteiger partial charge is 0.430 e. The second-order valence-corrected chi connectivity index (χ2v) is 6.56. The van der Waals surface area contributed by atoms with E-state index in [1.54, 1.807) is 0 Å². The van der Waals surface area contributed by atoms with Gasteiger partial charge in [-0.2, -0.15) is 14.4 Å². The lowest BCUT2D eigenvalue weighted by Crippen LogP contribution is -2.43. The molecule has 168 valence electrons. The average Bonchev–Trinajstić information content (AvgIpc) is 3.39. The van der Waals surface area contributed by atoms with Crippen LogP contribution in [0.15, 0.2) is 18.3 Å². The molecule has 0 radical (unpaired) electrons. The molecule has 13 nitrogen and oxygen atoms in total. The van der Waals surface area contributed by atoms with Crippen molar-refractivity contribution in [3.05, 3.63) is 24.4 Å². The lowest BCUT2D eigenvalue weighted by molar-refractivity contribution is -0.0959. The predicted molar refractivity (Wildman–Crippen MR) is 99.5 cm³/mol. The first-order valence-electron chi connectivity index (χ1n) is 9.89. The molecule has 2 aliphatic rings. The minimum absolute atomic E-state index is 0.0350. The second kappa shape index (κ2) is 7.94. The van der Waals surface area contributed by atoms with Gasteiger partial charge in [0.25, 0.3) is 0 Å². The number of hydrogen-bond donors (Lipinski definition) is 2. The Morgan fingerprint density at radius 3 is 3.09 bits per heavy atom. The zero-order valence-electron chi connectivity index (χ0n) is 18.2. The van der Waals surface area contributed by atoms with Crippen molar-refractivity contribution in [3.63, 3.8) is 0 Å². The predicted octanol–water partition coefficient (Wildman–Crippen LogP) is 0.749. The van der Waals surface area contributed by atoms with Crippen LogP contribution in [0.2, 0.25) is 0 Å². The Kier molecular flexibility index (Phi) is 4.66. The Morgan fingerprint density at radius 1 is 1.62 bits per heavy atom. The van der Waals surface area contributed by atoms with Crippen molar-refractivity contribution in [3.8, 4) is 12.3 Å². The van der Waals surface area contributed by atoms with E-state index in [0.717, 1.165) is 17.2 Å². The molecule has 0 aromatic carbocycles. The Morgan fingerprint density at radius 2 is 2.41 bits per heavy atom. The van der Waals surface area contributed by atoms with Crippen LogP contribution in [0.5, 0.6) is 0 Å². The number of carbonyl (C=O) groups excluding carboxylic acids is 2. The maximum absolute atomic E-state index is 13.7. The van der Waals surface area contributed by atoms with Gasteiger partial charge in [0.1, 0.15) is 25.2 Å². The summed E-state index contributed by atoms with van der Waals surface area (Å²) in [6.45, 7) is 0.626. The van der Waals surface area contributed by atoms with E-state index in [1.165, 1.54) is 6.92 Å². The van der Waals surface area contributed by atoms with E-state index in [2.05, 4.69) is 30.3 Å². The third kappa shape index (κ3) is 3.74. The molecule has 2 saturated heterocycles. The number of aliphatic hydroxyl groups is 1. The molecule has 0 saturated carbocycles. The number of anilines is 1. The Balaban J connectivity index is 1.54. The zero-order valence-corrected chi connectivity index (χ0v) is 16.2. The van der Waals surface area contributed by atoms with Crippen molar-refractivity contribution in [2.24, 2.45) is 0 Å². The number of imidazole rings is 1. The molecule has 0 spiro atoms. The largest absolute Gasteiger partial charge is 0.514 e. The molecule has 14 heteroatoms. The fraction of sp³-hybridized carbons (Fsp3) is 0.389. The number of rotatable bonds is 4. The second-order valence-electron chi connectivity index (χ2n) is 6.56. The summed E-state index contributed by atoms with van der Waals surface area (Å²) in [5, 5.41) is 10.7. The van der Waals surface area contributed by atoms with Gasteiger partial charge in [0.2, 0.25) is 0 Å². The topological polar surface area (TPSA) is 170 Å². The Labute approximate surface area is 181 Å². The standard InChI is InChI=1S/C18H16FN5O8/c1-3-18(6-29-16(26)28-5-9-8(2)30-17(27)31-9)10(25)4-11(32-18)24-7-21-12-13(20)22-15(19)23-14(12)24/h1,5,7-8,10-11,25H,4,6H2,2H3,(H2,20,22,23)/t8?,10-,11+,18+/m0/s1/i4D2. The van der Waals surface area contributed by atoms with Gasteiger partial charge in [-0.05, 0) is 6.92 Å². The molecule has 0 bridgehead atoms. The number of cyclic esters (lactones) is 2. The van der Waals surface area contributed by atoms with Crippen molar-refractivity contribution in [2.45, 2.75) is 37.3 Å². The van der Waals surface area contributed by atoms with Crippen LogP contribution < -0.4 is 5.73 Å². The average molecular weight is 451 g/mol. The number of aliphatic hydroxyl groups excluding tert-OH is 1.